The first-order valence-electron chi connectivity index (χ1n) is 7.64. The predicted molar refractivity (Wildman–Crippen MR) is 76.3 cm³/mol. The average Bonchev–Trinajstić information content (AvgIpc) is 2.47. The summed E-state index contributed by atoms with van der Waals surface area (Å²) in [5.74, 6) is 0. The smallest absolute Gasteiger partial charge is 0.148 e. The van der Waals surface area contributed by atoms with Crippen molar-refractivity contribution >= 4 is 15.0 Å². The van der Waals surface area contributed by atoms with E-state index < -0.39 is 0 Å². The summed E-state index contributed by atoms with van der Waals surface area (Å²) in [5.41, 5.74) is 0.594. The lowest BCUT2D eigenvalue weighted by Crippen LogP contribution is -2.38. The van der Waals surface area contributed by atoms with E-state index in [1.54, 1.807) is 0 Å². The van der Waals surface area contributed by atoms with Crippen LogP contribution in [0.1, 0.15) is 70.6 Å². The Morgan fingerprint density at radius 2 is 1.29 bits per heavy atom. The fraction of sp³-hybridized carbons (Fsp3) is 1.00. The summed E-state index contributed by atoms with van der Waals surface area (Å²) in [6, 6.07) is 0. The second kappa shape index (κ2) is 6.87. The Morgan fingerprint density at radius 3 is 1.88 bits per heavy atom. The van der Waals surface area contributed by atoms with Gasteiger partial charge in [0, 0.05) is 7.74 Å². The van der Waals surface area contributed by atoms with Crippen LogP contribution in [0.15, 0.2) is 0 Å². The van der Waals surface area contributed by atoms with E-state index in [0.29, 0.717) is 5.41 Å². The number of rotatable bonds is 1. The van der Waals surface area contributed by atoms with Crippen LogP contribution in [0.2, 0.25) is 0 Å². The van der Waals surface area contributed by atoms with Gasteiger partial charge in [0.05, 0.1) is 0 Å². The van der Waals surface area contributed by atoms with E-state index in [4.69, 9.17) is 7.74 Å². The van der Waals surface area contributed by atoms with Crippen molar-refractivity contribution in [1.82, 2.24) is 4.81 Å². The predicted octanol–water partition coefficient (Wildman–Crippen LogP) is 3.30. The lowest BCUT2D eigenvalue weighted by atomic mass is 9.63. The largest absolute Gasteiger partial charge is 0.356 e. The summed E-state index contributed by atoms with van der Waals surface area (Å²) in [5, 5.41) is 0. The molecular formula is C14H26B2N. The Morgan fingerprint density at radius 1 is 0.765 bits per heavy atom. The van der Waals surface area contributed by atoms with Crippen molar-refractivity contribution in [3.8, 4) is 0 Å². The van der Waals surface area contributed by atoms with Crippen LogP contribution in [-0.2, 0) is 0 Å². The average molecular weight is 230 g/mol. The van der Waals surface area contributed by atoms with Crippen LogP contribution in [0.4, 0.5) is 0 Å². The standard InChI is InChI=1S/C14H26B2N/c15-16-17-12-8-7-11-14(13-17)9-5-3-1-2-4-6-10-14/h1-13H2. The van der Waals surface area contributed by atoms with Crippen LogP contribution < -0.4 is 0 Å². The van der Waals surface area contributed by atoms with Crippen molar-refractivity contribution in [2.75, 3.05) is 13.1 Å². The van der Waals surface area contributed by atoms with E-state index in [0.717, 1.165) is 0 Å². The first kappa shape index (κ1) is 13.5. The molecule has 0 amide bonds. The molecule has 17 heavy (non-hydrogen) atoms. The minimum Gasteiger partial charge on any atom is -0.356 e. The van der Waals surface area contributed by atoms with Crippen LogP contribution in [0.5, 0.6) is 0 Å². The van der Waals surface area contributed by atoms with Gasteiger partial charge in [0.25, 0.3) is 0 Å². The van der Waals surface area contributed by atoms with Crippen molar-refractivity contribution in [2.45, 2.75) is 70.6 Å². The maximum Gasteiger partial charge on any atom is 0.148 e. The van der Waals surface area contributed by atoms with E-state index in [2.05, 4.69) is 4.81 Å². The van der Waals surface area contributed by atoms with Crippen molar-refractivity contribution in [2.24, 2.45) is 5.41 Å². The zero-order chi connectivity index (χ0) is 12.0. The van der Waals surface area contributed by atoms with Gasteiger partial charge in [-0.15, -0.1) is 0 Å². The molecule has 93 valence electrons. The molecule has 1 aliphatic carbocycles. The van der Waals surface area contributed by atoms with Crippen molar-refractivity contribution in [3.63, 3.8) is 0 Å². The molecule has 1 saturated carbocycles. The highest BCUT2D eigenvalue weighted by atomic mass is 15.0. The third kappa shape index (κ3) is 4.05. The zero-order valence-corrected chi connectivity index (χ0v) is 11.3. The number of hydrogen-bond donors (Lipinski definition) is 0. The monoisotopic (exact) mass is 230 g/mol. The van der Waals surface area contributed by atoms with E-state index in [9.17, 15) is 0 Å². The van der Waals surface area contributed by atoms with Crippen molar-refractivity contribution in [1.29, 1.82) is 0 Å². The quantitative estimate of drug-likeness (QED) is 0.624. The molecule has 0 unspecified atom stereocenters. The zero-order valence-electron chi connectivity index (χ0n) is 11.3. The van der Waals surface area contributed by atoms with Gasteiger partial charge in [-0.3, -0.25) is 0 Å². The van der Waals surface area contributed by atoms with Gasteiger partial charge in [-0.05, 0) is 44.2 Å². The molecule has 3 heteroatoms. The third-order valence-corrected chi connectivity index (χ3v) is 4.82. The number of hydrogen-bond acceptors (Lipinski definition) is 1. The second-order valence-electron chi connectivity index (χ2n) is 6.20. The summed E-state index contributed by atoms with van der Waals surface area (Å²) in [7, 11) is 7.60. The lowest BCUT2D eigenvalue weighted by Gasteiger charge is -2.36. The SMILES string of the molecule is [B][B]N1CCCCC2(CCCCCCCC2)C1. The van der Waals surface area contributed by atoms with Gasteiger partial charge in [0.1, 0.15) is 7.31 Å². The molecule has 1 saturated heterocycles. The van der Waals surface area contributed by atoms with Crippen LogP contribution in [0.3, 0.4) is 0 Å². The molecule has 0 aromatic carbocycles. The molecule has 0 bridgehead atoms. The highest BCUT2D eigenvalue weighted by Gasteiger charge is 2.32. The molecular weight excluding hydrogens is 204 g/mol. The Labute approximate surface area is 109 Å². The molecule has 0 aromatic heterocycles. The summed E-state index contributed by atoms with van der Waals surface area (Å²) in [4.78, 5) is 2.38. The van der Waals surface area contributed by atoms with E-state index in [1.165, 1.54) is 83.7 Å². The summed E-state index contributed by atoms with van der Waals surface area (Å²) < 4.78 is 0. The first-order chi connectivity index (χ1) is 8.35. The topological polar surface area (TPSA) is 3.24 Å². The molecule has 2 aliphatic rings. The van der Waals surface area contributed by atoms with E-state index >= 15 is 0 Å². The maximum absolute atomic E-state index is 5.76. The minimum absolute atomic E-state index is 0.594. The van der Waals surface area contributed by atoms with Crippen molar-refractivity contribution in [3.05, 3.63) is 0 Å². The molecule has 0 atom stereocenters. The van der Waals surface area contributed by atoms with Gasteiger partial charge in [0.2, 0.25) is 0 Å². The molecule has 1 heterocycles. The van der Waals surface area contributed by atoms with Gasteiger partial charge >= 0.3 is 0 Å². The molecule has 0 aromatic rings. The Bertz CT molecular complexity index is 210. The van der Waals surface area contributed by atoms with Crippen LogP contribution in [0.25, 0.3) is 0 Å². The summed E-state index contributed by atoms with van der Waals surface area (Å²) >= 11 is 0. The van der Waals surface area contributed by atoms with Crippen LogP contribution in [0, 0.1) is 5.41 Å². The van der Waals surface area contributed by atoms with Crippen molar-refractivity contribution < 1.29 is 0 Å². The van der Waals surface area contributed by atoms with Gasteiger partial charge < -0.3 is 4.81 Å². The minimum atomic E-state index is 0.594. The molecule has 1 nitrogen and oxygen atoms in total. The van der Waals surface area contributed by atoms with Gasteiger partial charge in [-0.25, -0.2) is 0 Å². The highest BCUT2D eigenvalue weighted by molar-refractivity contribution is 6.87. The van der Waals surface area contributed by atoms with Crippen LogP contribution in [-0.4, -0.2) is 32.9 Å². The number of nitrogens with zero attached hydrogens (tertiary/aromatic N) is 1. The fourth-order valence-corrected chi connectivity index (χ4v) is 3.77. The molecule has 3 radical (unpaired) electrons. The summed E-state index contributed by atoms with van der Waals surface area (Å²) in [6.07, 6.45) is 15.8. The molecule has 2 fully saturated rings. The normalized spacial score (nSPS) is 27.8. The van der Waals surface area contributed by atoms with Gasteiger partial charge in [0.15, 0.2) is 0 Å². The van der Waals surface area contributed by atoms with E-state index in [1.807, 2.05) is 7.31 Å². The maximum atomic E-state index is 5.76. The Balaban J connectivity index is 2.00. The Kier molecular flexibility index (Phi) is 5.47. The molecule has 0 N–H and O–H groups in total. The first-order valence-corrected chi connectivity index (χ1v) is 7.64. The highest BCUT2D eigenvalue weighted by Crippen LogP contribution is 2.40. The Hall–Kier alpha value is 0.0899. The molecule has 1 aliphatic heterocycles. The van der Waals surface area contributed by atoms with Crippen LogP contribution >= 0.6 is 0 Å². The van der Waals surface area contributed by atoms with Gasteiger partial charge in [-0.1, -0.05) is 44.9 Å². The van der Waals surface area contributed by atoms with Gasteiger partial charge in [-0.2, -0.15) is 0 Å². The summed E-state index contributed by atoms with van der Waals surface area (Å²) in [6.45, 7) is 2.40. The lowest BCUT2D eigenvalue weighted by molar-refractivity contribution is 0.179. The third-order valence-electron chi connectivity index (χ3n) is 4.82. The molecule has 1 spiro atoms. The molecule has 2 rings (SSSR count). The second-order valence-corrected chi connectivity index (χ2v) is 6.20. The van der Waals surface area contributed by atoms with E-state index in [-0.39, 0.29) is 0 Å². The fourth-order valence-electron chi connectivity index (χ4n) is 3.77.